The van der Waals surface area contributed by atoms with E-state index in [1.165, 1.54) is 0 Å². The maximum Gasteiger partial charge on any atom is 0.0659 e. The third-order valence-electron chi connectivity index (χ3n) is 1.68. The second-order valence-corrected chi connectivity index (χ2v) is 4.56. The van der Waals surface area contributed by atoms with E-state index in [4.69, 9.17) is 5.84 Å². The quantitative estimate of drug-likeness (QED) is 0.686. The van der Waals surface area contributed by atoms with Crippen LogP contribution in [0.25, 0.3) is 0 Å². The van der Waals surface area contributed by atoms with Gasteiger partial charge in [-0.2, -0.15) is 0 Å². The van der Waals surface area contributed by atoms with E-state index < -0.39 is 0 Å². The first-order chi connectivity index (χ1) is 6.15. The van der Waals surface area contributed by atoms with Crippen molar-refractivity contribution in [3.8, 4) is 0 Å². The summed E-state index contributed by atoms with van der Waals surface area (Å²) in [4.78, 5) is 0. The second kappa shape index (κ2) is 4.98. The van der Waals surface area contributed by atoms with Crippen LogP contribution in [0, 0.1) is 0 Å². The minimum absolute atomic E-state index is 0.861. The Labute approximate surface area is 95.3 Å². The van der Waals surface area contributed by atoms with Crippen LogP contribution >= 0.6 is 31.9 Å². The van der Waals surface area contributed by atoms with Crippen molar-refractivity contribution in [3.05, 3.63) is 27.1 Å². The Kier molecular flexibility index (Phi) is 4.22. The maximum absolute atomic E-state index is 5.84. The molecule has 1 rings (SSSR count). The highest BCUT2D eigenvalue weighted by molar-refractivity contribution is 9.11. The molecule has 0 saturated carbocycles. The molecule has 0 aromatic heterocycles. The molecular formula is C9H12Br2N2. The summed E-state index contributed by atoms with van der Waals surface area (Å²) in [6.45, 7) is 2.97. The van der Waals surface area contributed by atoms with E-state index >= 15 is 0 Å². The average Bonchev–Trinajstić information content (AvgIpc) is 2.04. The van der Waals surface area contributed by atoms with Gasteiger partial charge in [0.05, 0.1) is 5.69 Å². The number of hydrogen-bond donors (Lipinski definition) is 1. The summed E-state index contributed by atoms with van der Waals surface area (Å²) in [7, 11) is 0. The van der Waals surface area contributed by atoms with Gasteiger partial charge in [0.15, 0.2) is 0 Å². The molecule has 0 unspecified atom stereocenters. The predicted octanol–water partition coefficient (Wildman–Crippen LogP) is 3.30. The first-order valence-electron chi connectivity index (χ1n) is 4.12. The van der Waals surface area contributed by atoms with Crippen LogP contribution in [0.15, 0.2) is 27.1 Å². The lowest BCUT2D eigenvalue weighted by Crippen LogP contribution is -2.31. The molecule has 0 saturated heterocycles. The molecule has 0 spiro atoms. The SMILES string of the molecule is CCCN(N)c1ccc(Br)cc1Br. The summed E-state index contributed by atoms with van der Waals surface area (Å²) < 4.78 is 2.06. The zero-order valence-corrected chi connectivity index (χ0v) is 10.6. The molecule has 0 fully saturated rings. The van der Waals surface area contributed by atoms with Crippen molar-refractivity contribution < 1.29 is 0 Å². The van der Waals surface area contributed by atoms with Crippen LogP contribution in [-0.4, -0.2) is 6.54 Å². The number of rotatable bonds is 3. The number of anilines is 1. The first kappa shape index (κ1) is 11.0. The van der Waals surface area contributed by atoms with E-state index in [2.05, 4.69) is 38.8 Å². The number of nitrogens with two attached hydrogens (primary N) is 1. The molecule has 0 amide bonds. The molecule has 1 aromatic rings. The molecule has 0 heterocycles. The Bertz CT molecular complexity index is 289. The molecule has 2 N–H and O–H groups in total. The molecule has 72 valence electrons. The van der Waals surface area contributed by atoms with Crippen LogP contribution < -0.4 is 10.9 Å². The van der Waals surface area contributed by atoms with E-state index in [9.17, 15) is 0 Å². The fourth-order valence-corrected chi connectivity index (χ4v) is 2.35. The highest BCUT2D eigenvalue weighted by Crippen LogP contribution is 2.27. The zero-order chi connectivity index (χ0) is 9.84. The highest BCUT2D eigenvalue weighted by Gasteiger charge is 2.04. The first-order valence-corrected chi connectivity index (χ1v) is 5.71. The van der Waals surface area contributed by atoms with Gasteiger partial charge in [0.1, 0.15) is 0 Å². The minimum Gasteiger partial charge on any atom is -0.310 e. The molecule has 2 nitrogen and oxygen atoms in total. The lowest BCUT2D eigenvalue weighted by Gasteiger charge is -2.19. The Morgan fingerprint density at radius 2 is 2.08 bits per heavy atom. The van der Waals surface area contributed by atoms with Gasteiger partial charge >= 0.3 is 0 Å². The van der Waals surface area contributed by atoms with Gasteiger partial charge in [0.25, 0.3) is 0 Å². The van der Waals surface area contributed by atoms with Gasteiger partial charge in [-0.1, -0.05) is 22.9 Å². The molecule has 4 heteroatoms. The molecule has 0 atom stereocenters. The Balaban J connectivity index is 2.88. The van der Waals surface area contributed by atoms with Crippen LogP contribution in [0.2, 0.25) is 0 Å². The summed E-state index contributed by atoms with van der Waals surface area (Å²) in [6.07, 6.45) is 1.04. The van der Waals surface area contributed by atoms with Crippen LogP contribution in [0.4, 0.5) is 5.69 Å². The number of halogens is 2. The lowest BCUT2D eigenvalue weighted by atomic mass is 10.3. The van der Waals surface area contributed by atoms with Gasteiger partial charge in [-0.25, -0.2) is 5.84 Å². The van der Waals surface area contributed by atoms with E-state index in [-0.39, 0.29) is 0 Å². The molecular weight excluding hydrogens is 296 g/mol. The van der Waals surface area contributed by atoms with Gasteiger partial charge in [-0.3, -0.25) is 0 Å². The van der Waals surface area contributed by atoms with Crippen molar-refractivity contribution in [1.29, 1.82) is 0 Å². The summed E-state index contributed by atoms with van der Waals surface area (Å²) in [5.74, 6) is 5.84. The van der Waals surface area contributed by atoms with Crippen molar-refractivity contribution in [3.63, 3.8) is 0 Å². The monoisotopic (exact) mass is 306 g/mol. The van der Waals surface area contributed by atoms with Crippen LogP contribution in [0.5, 0.6) is 0 Å². The van der Waals surface area contributed by atoms with Gasteiger partial charge in [-0.15, -0.1) is 0 Å². The van der Waals surface area contributed by atoms with Crippen LogP contribution in [-0.2, 0) is 0 Å². The molecule has 1 aromatic carbocycles. The zero-order valence-electron chi connectivity index (χ0n) is 7.43. The molecule has 0 bridgehead atoms. The van der Waals surface area contributed by atoms with E-state index in [0.29, 0.717) is 0 Å². The van der Waals surface area contributed by atoms with Crippen LogP contribution in [0.3, 0.4) is 0 Å². The van der Waals surface area contributed by atoms with Crippen molar-refractivity contribution in [2.45, 2.75) is 13.3 Å². The molecule has 0 aliphatic carbocycles. The topological polar surface area (TPSA) is 29.3 Å². The fraction of sp³-hybridized carbons (Fsp3) is 0.333. The average molecular weight is 308 g/mol. The number of hydrazine groups is 1. The normalized spacial score (nSPS) is 10.2. The number of benzene rings is 1. The second-order valence-electron chi connectivity index (χ2n) is 2.79. The standard InChI is InChI=1S/C9H12Br2N2/c1-2-5-13(12)9-4-3-7(10)6-8(9)11/h3-4,6H,2,5,12H2,1H3. The summed E-state index contributed by atoms with van der Waals surface area (Å²) in [5, 5.41) is 1.75. The molecule has 0 aliphatic rings. The Morgan fingerprint density at radius 1 is 1.38 bits per heavy atom. The Morgan fingerprint density at radius 3 is 2.62 bits per heavy atom. The van der Waals surface area contributed by atoms with E-state index in [0.717, 1.165) is 27.6 Å². The number of hydrogen-bond acceptors (Lipinski definition) is 2. The predicted molar refractivity (Wildman–Crippen MR) is 63.7 cm³/mol. The minimum atomic E-state index is 0.861. The van der Waals surface area contributed by atoms with Gasteiger partial charge < -0.3 is 5.01 Å². The number of nitrogens with zero attached hydrogens (tertiary/aromatic N) is 1. The fourth-order valence-electron chi connectivity index (χ4n) is 1.08. The van der Waals surface area contributed by atoms with Crippen LogP contribution in [0.1, 0.15) is 13.3 Å². The third kappa shape index (κ3) is 2.97. The van der Waals surface area contributed by atoms with E-state index in [1.807, 2.05) is 18.2 Å². The largest absolute Gasteiger partial charge is 0.310 e. The summed E-state index contributed by atoms with van der Waals surface area (Å²) in [5.41, 5.74) is 1.02. The molecule has 0 aliphatic heterocycles. The van der Waals surface area contributed by atoms with Crippen molar-refractivity contribution >= 4 is 37.5 Å². The van der Waals surface area contributed by atoms with Gasteiger partial charge in [0.2, 0.25) is 0 Å². The van der Waals surface area contributed by atoms with Gasteiger partial charge in [-0.05, 0) is 40.5 Å². The van der Waals surface area contributed by atoms with Gasteiger partial charge in [0, 0.05) is 15.5 Å². The third-order valence-corrected chi connectivity index (χ3v) is 2.81. The molecule has 13 heavy (non-hydrogen) atoms. The summed E-state index contributed by atoms with van der Waals surface area (Å²) >= 11 is 6.86. The van der Waals surface area contributed by atoms with Crippen molar-refractivity contribution in [2.24, 2.45) is 5.84 Å². The molecule has 0 radical (unpaired) electrons. The maximum atomic E-state index is 5.84. The van der Waals surface area contributed by atoms with E-state index in [1.54, 1.807) is 5.01 Å². The smallest absolute Gasteiger partial charge is 0.0659 e. The highest BCUT2D eigenvalue weighted by atomic mass is 79.9. The lowest BCUT2D eigenvalue weighted by molar-refractivity contribution is 0.803. The Hall–Kier alpha value is -0.0600. The van der Waals surface area contributed by atoms with Crippen molar-refractivity contribution in [1.82, 2.24) is 0 Å². The van der Waals surface area contributed by atoms with Crippen molar-refractivity contribution in [2.75, 3.05) is 11.6 Å². The summed E-state index contributed by atoms with van der Waals surface area (Å²) in [6, 6.07) is 5.96.